The SMILES string of the molecule is O=C(Nn1c(SCc2ccccc2)nnc1C1COc2ccccc2O1)c1ccccc1. The van der Waals surface area contributed by atoms with Gasteiger partial charge in [0.25, 0.3) is 5.91 Å². The van der Waals surface area contributed by atoms with Crippen LogP contribution in [0.15, 0.2) is 90.1 Å². The number of carbonyl (C=O) groups is 1. The largest absolute Gasteiger partial charge is 0.485 e. The molecular formula is C24H20N4O3S. The zero-order chi connectivity index (χ0) is 21.8. The molecule has 0 bridgehead atoms. The van der Waals surface area contributed by atoms with E-state index in [1.807, 2.05) is 72.8 Å². The van der Waals surface area contributed by atoms with Crippen LogP contribution in [0.25, 0.3) is 0 Å². The van der Waals surface area contributed by atoms with Gasteiger partial charge in [0.15, 0.2) is 23.4 Å². The Labute approximate surface area is 189 Å². The lowest BCUT2D eigenvalue weighted by atomic mass is 10.2. The highest BCUT2D eigenvalue weighted by atomic mass is 32.2. The molecule has 4 aromatic rings. The molecule has 0 saturated carbocycles. The third kappa shape index (κ3) is 4.31. The van der Waals surface area contributed by atoms with E-state index < -0.39 is 6.10 Å². The first-order chi connectivity index (χ1) is 15.8. The molecule has 8 heteroatoms. The lowest BCUT2D eigenvalue weighted by Gasteiger charge is -2.26. The molecule has 2 heterocycles. The van der Waals surface area contributed by atoms with Crippen molar-refractivity contribution in [3.8, 4) is 11.5 Å². The number of ether oxygens (including phenoxy) is 2. The van der Waals surface area contributed by atoms with Crippen LogP contribution in [0.2, 0.25) is 0 Å². The van der Waals surface area contributed by atoms with Gasteiger partial charge in [-0.15, -0.1) is 10.2 Å². The second kappa shape index (κ2) is 9.15. The zero-order valence-corrected chi connectivity index (χ0v) is 17.9. The highest BCUT2D eigenvalue weighted by Crippen LogP contribution is 2.36. The van der Waals surface area contributed by atoms with Crippen molar-refractivity contribution in [3.63, 3.8) is 0 Å². The quantitative estimate of drug-likeness (QED) is 0.442. The molecular weight excluding hydrogens is 424 g/mol. The fraction of sp³-hybridized carbons (Fsp3) is 0.125. The van der Waals surface area contributed by atoms with Crippen LogP contribution in [-0.4, -0.2) is 27.4 Å². The minimum Gasteiger partial charge on any atom is -0.485 e. The van der Waals surface area contributed by atoms with Crippen molar-refractivity contribution in [2.24, 2.45) is 0 Å². The van der Waals surface area contributed by atoms with Gasteiger partial charge < -0.3 is 9.47 Å². The Bertz CT molecular complexity index is 1210. The summed E-state index contributed by atoms with van der Waals surface area (Å²) in [5.74, 6) is 2.21. The summed E-state index contributed by atoms with van der Waals surface area (Å²) >= 11 is 1.49. The van der Waals surface area contributed by atoms with E-state index in [0.717, 1.165) is 5.56 Å². The number of hydrogen-bond donors (Lipinski definition) is 1. The Morgan fingerprint density at radius 2 is 1.62 bits per heavy atom. The van der Waals surface area contributed by atoms with Gasteiger partial charge in [0.05, 0.1) is 0 Å². The first-order valence-corrected chi connectivity index (χ1v) is 11.1. The Morgan fingerprint density at radius 3 is 2.41 bits per heavy atom. The fourth-order valence-electron chi connectivity index (χ4n) is 3.31. The van der Waals surface area contributed by atoms with Gasteiger partial charge in [-0.05, 0) is 29.8 Å². The molecule has 1 aliphatic heterocycles. The van der Waals surface area contributed by atoms with Crippen LogP contribution in [0, 0.1) is 0 Å². The number of fused-ring (bicyclic) bond motifs is 1. The minimum absolute atomic E-state index is 0.259. The molecule has 0 aliphatic carbocycles. The van der Waals surface area contributed by atoms with Gasteiger partial charge in [-0.1, -0.05) is 72.4 Å². The summed E-state index contributed by atoms with van der Waals surface area (Å²) in [6.07, 6.45) is -0.514. The molecule has 1 amide bonds. The van der Waals surface area contributed by atoms with Crippen LogP contribution in [0.3, 0.4) is 0 Å². The molecule has 1 atom stereocenters. The first kappa shape index (κ1) is 20.1. The Kier molecular flexibility index (Phi) is 5.76. The number of rotatable bonds is 6. The normalized spacial score (nSPS) is 14.7. The van der Waals surface area contributed by atoms with Crippen LogP contribution in [0.4, 0.5) is 0 Å². The van der Waals surface area contributed by atoms with E-state index in [2.05, 4.69) is 15.6 Å². The number of benzene rings is 3. The second-order valence-corrected chi connectivity index (χ2v) is 8.06. The monoisotopic (exact) mass is 444 g/mol. The molecule has 0 radical (unpaired) electrons. The van der Waals surface area contributed by atoms with E-state index in [-0.39, 0.29) is 12.5 Å². The lowest BCUT2D eigenvalue weighted by molar-refractivity contribution is 0.0817. The number of amides is 1. The smallest absolute Gasteiger partial charge is 0.270 e. The van der Waals surface area contributed by atoms with Gasteiger partial charge in [0.1, 0.15) is 6.61 Å². The van der Waals surface area contributed by atoms with Gasteiger partial charge in [0.2, 0.25) is 5.16 Å². The molecule has 3 aromatic carbocycles. The van der Waals surface area contributed by atoms with Crippen molar-refractivity contribution >= 4 is 17.7 Å². The lowest BCUT2D eigenvalue weighted by Crippen LogP contribution is -2.31. The number of carbonyl (C=O) groups excluding carboxylic acids is 1. The number of aromatic nitrogens is 3. The Hall–Kier alpha value is -3.78. The van der Waals surface area contributed by atoms with Crippen LogP contribution in [0.5, 0.6) is 11.5 Å². The predicted octanol–water partition coefficient (Wildman–Crippen LogP) is 4.47. The van der Waals surface area contributed by atoms with Crippen molar-refractivity contribution in [1.82, 2.24) is 14.9 Å². The summed E-state index contributed by atoms with van der Waals surface area (Å²) in [5.41, 5.74) is 4.62. The zero-order valence-electron chi connectivity index (χ0n) is 17.0. The second-order valence-electron chi connectivity index (χ2n) is 7.12. The summed E-state index contributed by atoms with van der Waals surface area (Å²) in [6.45, 7) is 0.264. The van der Waals surface area contributed by atoms with E-state index in [4.69, 9.17) is 9.47 Å². The predicted molar refractivity (Wildman–Crippen MR) is 121 cm³/mol. The summed E-state index contributed by atoms with van der Waals surface area (Å²) in [7, 11) is 0. The summed E-state index contributed by atoms with van der Waals surface area (Å²) < 4.78 is 13.6. The molecule has 1 aromatic heterocycles. The Balaban J connectivity index is 1.43. The van der Waals surface area contributed by atoms with E-state index >= 15 is 0 Å². The number of nitrogens with one attached hydrogen (secondary N) is 1. The number of thioether (sulfide) groups is 1. The molecule has 160 valence electrons. The van der Waals surface area contributed by atoms with Crippen molar-refractivity contribution < 1.29 is 14.3 Å². The summed E-state index contributed by atoms with van der Waals surface area (Å²) in [6, 6.07) is 26.6. The first-order valence-electron chi connectivity index (χ1n) is 10.1. The molecule has 32 heavy (non-hydrogen) atoms. The fourth-order valence-corrected chi connectivity index (χ4v) is 4.17. The van der Waals surface area contributed by atoms with Crippen LogP contribution in [-0.2, 0) is 5.75 Å². The van der Waals surface area contributed by atoms with Gasteiger partial charge in [0, 0.05) is 11.3 Å². The maximum absolute atomic E-state index is 12.9. The molecule has 1 unspecified atom stereocenters. The summed E-state index contributed by atoms with van der Waals surface area (Å²) in [5, 5.41) is 9.24. The van der Waals surface area contributed by atoms with Crippen LogP contribution in [0.1, 0.15) is 27.8 Å². The number of nitrogens with zero attached hydrogens (tertiary/aromatic N) is 3. The van der Waals surface area contributed by atoms with Crippen molar-refractivity contribution in [3.05, 3.63) is 102 Å². The van der Waals surface area contributed by atoms with E-state index in [0.29, 0.717) is 33.8 Å². The molecule has 5 rings (SSSR count). The maximum atomic E-state index is 12.9. The van der Waals surface area contributed by atoms with E-state index in [9.17, 15) is 4.79 Å². The molecule has 7 nitrogen and oxygen atoms in total. The average Bonchev–Trinajstić information content (AvgIpc) is 3.26. The molecule has 0 saturated heterocycles. The van der Waals surface area contributed by atoms with Crippen LogP contribution >= 0.6 is 11.8 Å². The van der Waals surface area contributed by atoms with E-state index in [1.165, 1.54) is 11.8 Å². The van der Waals surface area contributed by atoms with Gasteiger partial charge >= 0.3 is 0 Å². The molecule has 0 spiro atoms. The molecule has 0 fully saturated rings. The third-order valence-corrected chi connectivity index (χ3v) is 5.92. The standard InChI is InChI=1S/C24H20N4O3S/c29-23(18-11-5-2-6-12-18)27-28-22(21-15-30-19-13-7-8-14-20(19)31-21)25-26-24(28)32-16-17-9-3-1-4-10-17/h1-14,21H,15-16H2,(H,27,29). The highest BCUT2D eigenvalue weighted by molar-refractivity contribution is 7.98. The summed E-state index contributed by atoms with van der Waals surface area (Å²) in [4.78, 5) is 12.9. The van der Waals surface area contributed by atoms with Gasteiger partial charge in [-0.3, -0.25) is 10.2 Å². The average molecular weight is 445 g/mol. The molecule has 1 aliphatic rings. The van der Waals surface area contributed by atoms with E-state index in [1.54, 1.807) is 16.8 Å². The number of para-hydroxylation sites is 2. The minimum atomic E-state index is -0.514. The van der Waals surface area contributed by atoms with Crippen molar-refractivity contribution in [1.29, 1.82) is 0 Å². The van der Waals surface area contributed by atoms with Crippen molar-refractivity contribution in [2.75, 3.05) is 12.0 Å². The molecule has 1 N–H and O–H groups in total. The van der Waals surface area contributed by atoms with Gasteiger partial charge in [-0.25, -0.2) is 4.68 Å². The maximum Gasteiger partial charge on any atom is 0.270 e. The van der Waals surface area contributed by atoms with Gasteiger partial charge in [-0.2, -0.15) is 0 Å². The third-order valence-electron chi connectivity index (χ3n) is 4.92. The van der Waals surface area contributed by atoms with Crippen LogP contribution < -0.4 is 14.9 Å². The topological polar surface area (TPSA) is 78.3 Å². The number of hydrogen-bond acceptors (Lipinski definition) is 6. The van der Waals surface area contributed by atoms with Crippen molar-refractivity contribution in [2.45, 2.75) is 17.0 Å². The highest BCUT2D eigenvalue weighted by Gasteiger charge is 2.29. The Morgan fingerprint density at radius 1 is 0.938 bits per heavy atom.